The van der Waals surface area contributed by atoms with Crippen molar-refractivity contribution in [2.75, 3.05) is 0 Å². The van der Waals surface area contributed by atoms with Crippen LogP contribution in [-0.4, -0.2) is 68.0 Å². The Morgan fingerprint density at radius 3 is 0.987 bits per heavy atom. The van der Waals surface area contributed by atoms with Crippen molar-refractivity contribution in [3.63, 3.8) is 0 Å². The van der Waals surface area contributed by atoms with Gasteiger partial charge >= 0.3 is 0 Å². The van der Waals surface area contributed by atoms with Crippen molar-refractivity contribution in [2.45, 2.75) is 359 Å². The number of nitrogens with zero attached hydrogens (tertiary/aromatic N) is 4. The van der Waals surface area contributed by atoms with Gasteiger partial charge < -0.3 is 0 Å². The number of nitro groups is 2. The zero-order valence-electron chi connectivity index (χ0n) is 51.2. The van der Waals surface area contributed by atoms with Gasteiger partial charge in [0, 0.05) is 71.8 Å². The van der Waals surface area contributed by atoms with Crippen LogP contribution in [0.2, 0.25) is 0 Å². The Bertz CT molecular complexity index is 1650. The molecule has 8 nitrogen and oxygen atoms in total. The van der Waals surface area contributed by atoms with Crippen LogP contribution in [0.1, 0.15) is 310 Å². The van der Waals surface area contributed by atoms with Crippen LogP contribution in [0.3, 0.4) is 0 Å². The van der Waals surface area contributed by atoms with Gasteiger partial charge in [0.25, 0.3) is 0 Å². The zero-order chi connectivity index (χ0) is 54.1. The monoisotopic (exact) mass is 1080 g/mol. The normalized spacial score (nSPS) is 43.3. The van der Waals surface area contributed by atoms with Gasteiger partial charge in [-0.3, -0.25) is 30.0 Å². The minimum absolute atomic E-state index is 0.0870. The molecule has 10 aliphatic rings. The Labute approximate surface area is 479 Å². The van der Waals surface area contributed by atoms with Crippen LogP contribution in [0.25, 0.3) is 0 Å². The Kier molecular flexibility index (Phi) is 22.3. The Morgan fingerprint density at radius 1 is 0.346 bits per heavy atom. The summed E-state index contributed by atoms with van der Waals surface area (Å²) in [6.07, 6.45) is 58.5. The summed E-state index contributed by atoms with van der Waals surface area (Å²) in [5, 5.41) is 24.7. The number of unbranched alkanes of at least 4 members (excludes halogenated alkanes) is 10. The van der Waals surface area contributed by atoms with E-state index in [9.17, 15) is 20.2 Å². The highest BCUT2D eigenvalue weighted by atomic mass is 16.6. The SMILES string of the molecule is CCCCCCCCC1CCC(N(C2CCC(C)CC2)C2CC(C3CCC([N+](=O)[O-])CC3)C3CCC4C5C(CCC2C35)C(C2CCC([N+](=O)[O-])CC2)CC4N(C2CCC(C)CC2)C2CCC(CCCCCCCC)CC2)CC1. The average molecular weight is 1080 g/mol. The van der Waals surface area contributed by atoms with Crippen molar-refractivity contribution in [2.24, 2.45) is 82.9 Å². The van der Waals surface area contributed by atoms with Gasteiger partial charge in [-0.15, -0.1) is 0 Å². The molecule has 0 amide bonds. The minimum atomic E-state index is -0.333. The van der Waals surface area contributed by atoms with Gasteiger partial charge in [-0.25, -0.2) is 0 Å². The number of rotatable bonds is 24. The lowest BCUT2D eigenvalue weighted by Crippen LogP contribution is -2.67. The summed E-state index contributed by atoms with van der Waals surface area (Å²) in [5.74, 6) is 11.0. The zero-order valence-corrected chi connectivity index (χ0v) is 51.2. The van der Waals surface area contributed by atoms with Crippen molar-refractivity contribution in [1.82, 2.24) is 9.80 Å². The third-order valence-corrected chi connectivity index (χ3v) is 26.5. The molecule has 10 saturated carbocycles. The molecule has 8 heteroatoms. The van der Waals surface area contributed by atoms with Crippen molar-refractivity contribution in [3.8, 4) is 0 Å². The van der Waals surface area contributed by atoms with Gasteiger partial charge in [-0.05, 0) is 250 Å². The van der Waals surface area contributed by atoms with E-state index < -0.39 is 0 Å². The van der Waals surface area contributed by atoms with Crippen LogP contribution in [0.5, 0.6) is 0 Å². The second kappa shape index (κ2) is 29.0. The Morgan fingerprint density at radius 2 is 0.654 bits per heavy atom. The van der Waals surface area contributed by atoms with E-state index in [1.807, 2.05) is 0 Å². The maximum atomic E-state index is 12.4. The highest BCUT2D eigenvalue weighted by molar-refractivity contribution is 5.14. The van der Waals surface area contributed by atoms with Crippen molar-refractivity contribution in [1.29, 1.82) is 0 Å². The molecule has 78 heavy (non-hydrogen) atoms. The largest absolute Gasteiger partial charge is 0.294 e. The van der Waals surface area contributed by atoms with Crippen molar-refractivity contribution >= 4 is 0 Å². The molecule has 446 valence electrons. The molecule has 0 saturated heterocycles. The van der Waals surface area contributed by atoms with Gasteiger partial charge in [0.1, 0.15) is 0 Å². The van der Waals surface area contributed by atoms with E-state index in [4.69, 9.17) is 0 Å². The van der Waals surface area contributed by atoms with Crippen LogP contribution in [-0.2, 0) is 0 Å². The first kappa shape index (κ1) is 59.9. The first-order chi connectivity index (χ1) is 38.1. The van der Waals surface area contributed by atoms with E-state index in [0.717, 1.165) is 135 Å². The fourth-order valence-corrected chi connectivity index (χ4v) is 22.4. The second-order valence-corrected chi connectivity index (χ2v) is 30.8. The average Bonchev–Trinajstić information content (AvgIpc) is 3.66. The fraction of sp³-hybridized carbons (Fsp3) is 1.00. The molecule has 0 bridgehead atoms. The minimum Gasteiger partial charge on any atom is -0.294 e. The molecule has 10 atom stereocenters. The third-order valence-electron chi connectivity index (χ3n) is 26.5. The third kappa shape index (κ3) is 14.3. The van der Waals surface area contributed by atoms with Crippen molar-refractivity contribution in [3.05, 3.63) is 20.2 Å². The van der Waals surface area contributed by atoms with Gasteiger partial charge in [-0.1, -0.05) is 118 Å². The molecule has 10 aliphatic carbocycles. The highest BCUT2D eigenvalue weighted by Gasteiger charge is 2.63. The molecule has 0 aliphatic heterocycles. The molecule has 10 fully saturated rings. The van der Waals surface area contributed by atoms with Gasteiger partial charge in [0.05, 0.1) is 0 Å². The summed E-state index contributed by atoms with van der Waals surface area (Å²) in [6, 6.07) is 3.62. The quantitative estimate of drug-likeness (QED) is 0.0543. The molecule has 0 N–H and O–H groups in total. The molecule has 0 aromatic carbocycles. The van der Waals surface area contributed by atoms with Crippen LogP contribution >= 0.6 is 0 Å². The fourth-order valence-electron chi connectivity index (χ4n) is 22.4. The van der Waals surface area contributed by atoms with Crippen LogP contribution < -0.4 is 0 Å². The van der Waals surface area contributed by atoms with E-state index >= 15 is 0 Å². The molecule has 0 radical (unpaired) electrons. The summed E-state index contributed by atoms with van der Waals surface area (Å²) in [4.78, 5) is 31.7. The summed E-state index contributed by atoms with van der Waals surface area (Å²) < 4.78 is 0. The first-order valence-electron chi connectivity index (χ1n) is 35.9. The van der Waals surface area contributed by atoms with E-state index in [1.165, 1.54) is 231 Å². The molecule has 0 heterocycles. The highest BCUT2D eigenvalue weighted by Crippen LogP contribution is 2.67. The standard InChI is InChI=1S/C70H122N4O4/c1-5-7-9-11-13-15-17-51-23-35-57(36-24-51)71(55-31-19-49(3)20-32-55)67-47-65(53-27-39-59(40-28-53)73(75)76)61-44-46-64-68(48-66(54-29-41-60(42-30-54)74(77)78)62-43-45-63(67)69(61)70(62)64)72(56-33-21-50(4)22-34-56)58-37-25-52(26-38-58)18-16-14-12-10-8-6-2/h49-70H,5-48H2,1-4H3. The topological polar surface area (TPSA) is 92.8 Å². The summed E-state index contributed by atoms with van der Waals surface area (Å²) in [5.41, 5.74) is 0. The van der Waals surface area contributed by atoms with E-state index in [0.29, 0.717) is 35.8 Å². The Hall–Kier alpha value is -1.28. The number of hydrogen-bond acceptors (Lipinski definition) is 6. The lowest BCUT2D eigenvalue weighted by molar-refractivity contribution is -0.527. The molecular formula is C70H122N4O4. The van der Waals surface area contributed by atoms with Crippen molar-refractivity contribution < 1.29 is 9.85 Å². The Balaban J connectivity index is 0.974. The van der Waals surface area contributed by atoms with E-state index in [2.05, 4.69) is 37.5 Å². The summed E-state index contributed by atoms with van der Waals surface area (Å²) in [7, 11) is 0. The molecule has 10 unspecified atom stereocenters. The molecule has 0 aromatic rings. The smallest absolute Gasteiger partial charge is 0.213 e. The molecule has 10 rings (SSSR count). The first-order valence-corrected chi connectivity index (χ1v) is 35.9. The number of hydrogen-bond donors (Lipinski definition) is 0. The molecular weight excluding hydrogens is 961 g/mol. The van der Waals surface area contributed by atoms with Gasteiger partial charge in [0.15, 0.2) is 0 Å². The predicted octanol–water partition coefficient (Wildman–Crippen LogP) is 19.1. The summed E-state index contributed by atoms with van der Waals surface area (Å²) >= 11 is 0. The van der Waals surface area contributed by atoms with Crippen LogP contribution in [0.15, 0.2) is 0 Å². The predicted molar refractivity (Wildman–Crippen MR) is 323 cm³/mol. The van der Waals surface area contributed by atoms with E-state index in [-0.39, 0.29) is 21.9 Å². The lowest BCUT2D eigenvalue weighted by Gasteiger charge is -2.68. The maximum absolute atomic E-state index is 12.4. The summed E-state index contributed by atoms with van der Waals surface area (Å²) in [6.45, 7) is 9.76. The molecule has 0 aromatic heterocycles. The van der Waals surface area contributed by atoms with Gasteiger partial charge in [-0.2, -0.15) is 0 Å². The lowest BCUT2D eigenvalue weighted by atomic mass is 9.41. The van der Waals surface area contributed by atoms with Crippen LogP contribution in [0, 0.1) is 103 Å². The van der Waals surface area contributed by atoms with Gasteiger partial charge in [0.2, 0.25) is 12.1 Å². The van der Waals surface area contributed by atoms with E-state index in [1.54, 1.807) is 0 Å². The van der Waals surface area contributed by atoms with Crippen LogP contribution in [0.4, 0.5) is 0 Å². The second-order valence-electron chi connectivity index (χ2n) is 30.8. The maximum Gasteiger partial charge on any atom is 0.213 e. The molecule has 0 spiro atoms.